The largest absolute Gasteiger partial charge is 0.377 e. The van der Waals surface area contributed by atoms with Crippen molar-refractivity contribution in [3.05, 3.63) is 96.1 Å². The molecule has 4 nitrogen and oxygen atoms in total. The smallest absolute Gasteiger partial charge is 0.240 e. The monoisotopic (exact) mass is 366 g/mol. The van der Waals surface area contributed by atoms with Gasteiger partial charge in [-0.1, -0.05) is 66.7 Å². The van der Waals surface area contributed by atoms with E-state index in [4.69, 9.17) is 0 Å². The van der Waals surface area contributed by atoms with E-state index in [1.54, 1.807) is 30.3 Å². The Balaban J connectivity index is 1.82. The van der Waals surface area contributed by atoms with Crippen molar-refractivity contribution < 1.29 is 8.42 Å². The van der Waals surface area contributed by atoms with Crippen molar-refractivity contribution >= 4 is 15.7 Å². The lowest BCUT2D eigenvalue weighted by molar-refractivity contribution is 0.576. The Bertz CT molecular complexity index is 942. The van der Waals surface area contributed by atoms with Crippen LogP contribution in [0.15, 0.2) is 89.8 Å². The normalized spacial score (nSPS) is 12.5. The summed E-state index contributed by atoms with van der Waals surface area (Å²) < 4.78 is 27.8. The van der Waals surface area contributed by atoms with Gasteiger partial charge in [0.2, 0.25) is 10.0 Å². The van der Waals surface area contributed by atoms with E-state index in [2.05, 4.69) is 10.0 Å². The minimum absolute atomic E-state index is 0.184. The highest BCUT2D eigenvalue weighted by molar-refractivity contribution is 7.89. The maximum Gasteiger partial charge on any atom is 0.240 e. The maximum absolute atomic E-state index is 12.5. The molecule has 134 valence electrons. The van der Waals surface area contributed by atoms with Crippen molar-refractivity contribution in [1.29, 1.82) is 0 Å². The van der Waals surface area contributed by atoms with Crippen LogP contribution in [0.2, 0.25) is 0 Å². The molecule has 0 saturated carbocycles. The molecule has 3 rings (SSSR count). The molecule has 0 heterocycles. The number of hydrogen-bond donors (Lipinski definition) is 2. The number of rotatable bonds is 7. The van der Waals surface area contributed by atoms with Crippen LogP contribution in [0.4, 0.5) is 5.69 Å². The molecule has 1 unspecified atom stereocenters. The van der Waals surface area contributed by atoms with E-state index < -0.39 is 10.0 Å². The molecule has 2 N–H and O–H groups in total. The zero-order chi connectivity index (χ0) is 18.4. The average Bonchev–Trinajstić information content (AvgIpc) is 2.68. The van der Waals surface area contributed by atoms with Crippen molar-refractivity contribution in [1.82, 2.24) is 4.72 Å². The molecule has 5 heteroatoms. The van der Waals surface area contributed by atoms with E-state index in [1.165, 1.54) is 0 Å². The molecule has 0 aliphatic carbocycles. The fraction of sp³-hybridized carbons (Fsp3) is 0.143. The predicted octanol–water partition coefficient (Wildman–Crippen LogP) is 4.13. The molecular formula is C21H22N2O2S. The van der Waals surface area contributed by atoms with Crippen LogP contribution in [0.3, 0.4) is 0 Å². The predicted molar refractivity (Wildman–Crippen MR) is 106 cm³/mol. The quantitative estimate of drug-likeness (QED) is 0.661. The summed E-state index contributed by atoms with van der Waals surface area (Å²) in [6.45, 7) is 2.27. The van der Waals surface area contributed by atoms with E-state index >= 15 is 0 Å². The van der Waals surface area contributed by atoms with Crippen molar-refractivity contribution in [2.45, 2.75) is 17.9 Å². The van der Waals surface area contributed by atoms with Gasteiger partial charge in [-0.3, -0.25) is 0 Å². The van der Waals surface area contributed by atoms with Gasteiger partial charge in [0.25, 0.3) is 0 Å². The van der Waals surface area contributed by atoms with E-state index in [0.717, 1.165) is 16.8 Å². The van der Waals surface area contributed by atoms with Crippen LogP contribution >= 0.6 is 0 Å². The molecule has 1 atom stereocenters. The van der Waals surface area contributed by atoms with Gasteiger partial charge in [-0.25, -0.2) is 13.1 Å². The molecule has 0 bridgehead atoms. The third-order valence-corrected chi connectivity index (χ3v) is 5.65. The molecule has 0 saturated heterocycles. The lowest BCUT2D eigenvalue weighted by Crippen LogP contribution is -2.31. The van der Waals surface area contributed by atoms with Gasteiger partial charge in [-0.05, 0) is 36.2 Å². The maximum atomic E-state index is 12.5. The summed E-state index contributed by atoms with van der Waals surface area (Å²) in [5, 5.41) is 3.46. The Hall–Kier alpha value is -2.63. The Kier molecular flexibility index (Phi) is 5.71. The summed E-state index contributed by atoms with van der Waals surface area (Å²) in [7, 11) is -3.56. The number of benzene rings is 3. The highest BCUT2D eigenvalue weighted by atomic mass is 32.2. The molecule has 0 spiro atoms. The van der Waals surface area contributed by atoms with Crippen LogP contribution in [0.5, 0.6) is 0 Å². The van der Waals surface area contributed by atoms with Gasteiger partial charge in [0, 0.05) is 12.2 Å². The summed E-state index contributed by atoms with van der Waals surface area (Å²) in [5.74, 6) is 0. The van der Waals surface area contributed by atoms with Crippen molar-refractivity contribution in [2.24, 2.45) is 0 Å². The second-order valence-electron chi connectivity index (χ2n) is 6.09. The topological polar surface area (TPSA) is 58.2 Å². The lowest BCUT2D eigenvalue weighted by Gasteiger charge is -2.22. The molecule has 0 radical (unpaired) electrons. The van der Waals surface area contributed by atoms with Crippen molar-refractivity contribution in [3.63, 3.8) is 0 Å². The molecule has 0 aromatic heterocycles. The van der Waals surface area contributed by atoms with Crippen LogP contribution in [-0.4, -0.2) is 15.0 Å². The van der Waals surface area contributed by atoms with E-state index in [0.29, 0.717) is 0 Å². The van der Waals surface area contributed by atoms with E-state index in [9.17, 15) is 8.42 Å². The lowest BCUT2D eigenvalue weighted by atomic mass is 10.1. The Morgan fingerprint density at radius 3 is 2.04 bits per heavy atom. The number of nitrogens with one attached hydrogen (secondary N) is 2. The third-order valence-electron chi connectivity index (χ3n) is 4.21. The van der Waals surface area contributed by atoms with Crippen LogP contribution in [0.25, 0.3) is 0 Å². The highest BCUT2D eigenvalue weighted by Crippen LogP contribution is 2.22. The molecule has 0 amide bonds. The van der Waals surface area contributed by atoms with Gasteiger partial charge in [0.1, 0.15) is 0 Å². The summed E-state index contributed by atoms with van der Waals surface area (Å²) >= 11 is 0. The van der Waals surface area contributed by atoms with Gasteiger partial charge in [-0.2, -0.15) is 0 Å². The highest BCUT2D eigenvalue weighted by Gasteiger charge is 2.18. The molecule has 0 aliphatic rings. The van der Waals surface area contributed by atoms with Gasteiger partial charge in [-0.15, -0.1) is 0 Å². The zero-order valence-corrected chi connectivity index (χ0v) is 15.4. The first-order valence-electron chi connectivity index (χ1n) is 8.48. The summed E-state index contributed by atoms with van der Waals surface area (Å²) in [4.78, 5) is 0.266. The number of sulfonamides is 1. The summed E-state index contributed by atoms with van der Waals surface area (Å²) in [6, 6.07) is 26.0. The van der Waals surface area contributed by atoms with E-state index in [-0.39, 0.29) is 17.5 Å². The molecule has 0 fully saturated rings. The first kappa shape index (κ1) is 18.2. The fourth-order valence-electron chi connectivity index (χ4n) is 2.74. The van der Waals surface area contributed by atoms with Crippen molar-refractivity contribution in [2.75, 3.05) is 11.9 Å². The first-order valence-corrected chi connectivity index (χ1v) is 9.96. The molecule has 3 aromatic carbocycles. The van der Waals surface area contributed by atoms with Gasteiger partial charge < -0.3 is 5.32 Å². The minimum atomic E-state index is -3.56. The second-order valence-corrected chi connectivity index (χ2v) is 7.85. The van der Waals surface area contributed by atoms with Crippen LogP contribution in [-0.2, 0) is 10.0 Å². The number of hydrogen-bond acceptors (Lipinski definition) is 3. The second kappa shape index (κ2) is 8.17. The van der Waals surface area contributed by atoms with E-state index in [1.807, 2.05) is 61.5 Å². The summed E-state index contributed by atoms with van der Waals surface area (Å²) in [6.07, 6.45) is 0. The van der Waals surface area contributed by atoms with Crippen LogP contribution < -0.4 is 10.0 Å². The first-order chi connectivity index (χ1) is 12.6. The molecule has 3 aromatic rings. The average molecular weight is 366 g/mol. The van der Waals surface area contributed by atoms with Crippen LogP contribution in [0.1, 0.15) is 17.2 Å². The minimum Gasteiger partial charge on any atom is -0.377 e. The zero-order valence-electron chi connectivity index (χ0n) is 14.6. The Morgan fingerprint density at radius 2 is 1.38 bits per heavy atom. The Labute approximate surface area is 155 Å². The van der Waals surface area contributed by atoms with Gasteiger partial charge in [0.15, 0.2) is 0 Å². The standard InChI is InChI=1S/C21H22N2O2S/c1-17-10-8-9-15-20(17)23-21(18-11-4-2-5-12-18)16-22-26(24,25)19-13-6-3-7-14-19/h2-15,21-23H,16H2,1H3. The Morgan fingerprint density at radius 1 is 0.808 bits per heavy atom. The third kappa shape index (κ3) is 4.50. The van der Waals surface area contributed by atoms with Crippen LogP contribution in [0, 0.1) is 6.92 Å². The molecule has 0 aliphatic heterocycles. The van der Waals surface area contributed by atoms with Gasteiger partial charge in [0.05, 0.1) is 10.9 Å². The van der Waals surface area contributed by atoms with Gasteiger partial charge >= 0.3 is 0 Å². The summed E-state index contributed by atoms with van der Waals surface area (Å²) in [5.41, 5.74) is 3.12. The number of para-hydroxylation sites is 1. The fourth-order valence-corrected chi connectivity index (χ4v) is 3.80. The SMILES string of the molecule is Cc1ccccc1NC(CNS(=O)(=O)c1ccccc1)c1ccccc1. The molecular weight excluding hydrogens is 344 g/mol. The van der Waals surface area contributed by atoms with Crippen molar-refractivity contribution in [3.8, 4) is 0 Å². The molecule has 26 heavy (non-hydrogen) atoms. The number of aryl methyl sites for hydroxylation is 1. The number of anilines is 1.